The quantitative estimate of drug-likeness (QED) is 0.815. The maximum Gasteiger partial charge on any atom is 0.00860 e. The van der Waals surface area contributed by atoms with Gasteiger partial charge in [-0.3, -0.25) is 0 Å². The lowest BCUT2D eigenvalue weighted by atomic mass is 10.1. The molecule has 1 saturated carbocycles. The second-order valence-electron chi connectivity index (χ2n) is 5.11. The van der Waals surface area contributed by atoms with Crippen LogP contribution in [0.1, 0.15) is 50.3 Å². The Balaban J connectivity index is 1.72. The van der Waals surface area contributed by atoms with Crippen LogP contribution in [0.2, 0.25) is 0 Å². The molecule has 1 fully saturated rings. The third-order valence-corrected chi connectivity index (χ3v) is 4.96. The second-order valence-corrected chi connectivity index (χ2v) is 6.09. The van der Waals surface area contributed by atoms with E-state index in [1.165, 1.54) is 30.6 Å². The highest BCUT2D eigenvalue weighted by Gasteiger charge is 2.23. The van der Waals surface area contributed by atoms with Gasteiger partial charge in [-0.1, -0.05) is 26.3 Å². The molecule has 1 aromatic rings. The Morgan fingerprint density at radius 2 is 2.38 bits per heavy atom. The highest BCUT2D eigenvalue weighted by Crippen LogP contribution is 2.28. The maximum atomic E-state index is 3.74. The Morgan fingerprint density at radius 3 is 3.00 bits per heavy atom. The van der Waals surface area contributed by atoms with Crippen molar-refractivity contribution in [1.29, 1.82) is 0 Å². The Hall–Kier alpha value is -0.340. The summed E-state index contributed by atoms with van der Waals surface area (Å²) in [7, 11) is 0. The summed E-state index contributed by atoms with van der Waals surface area (Å²) in [6.45, 7) is 5.79. The average molecular weight is 237 g/mol. The van der Waals surface area contributed by atoms with Crippen LogP contribution in [0.3, 0.4) is 0 Å². The van der Waals surface area contributed by atoms with Crippen LogP contribution in [0, 0.1) is 5.92 Å². The van der Waals surface area contributed by atoms with E-state index in [1.54, 1.807) is 0 Å². The molecule has 90 valence electrons. The van der Waals surface area contributed by atoms with E-state index in [9.17, 15) is 0 Å². The summed E-state index contributed by atoms with van der Waals surface area (Å²) in [6, 6.07) is 5.19. The lowest BCUT2D eigenvalue weighted by Crippen LogP contribution is -2.29. The lowest BCUT2D eigenvalue weighted by molar-refractivity contribution is 0.466. The van der Waals surface area contributed by atoms with Crippen LogP contribution in [0.4, 0.5) is 0 Å². The molecule has 3 atom stereocenters. The zero-order valence-corrected chi connectivity index (χ0v) is 11.2. The van der Waals surface area contributed by atoms with Crippen molar-refractivity contribution in [2.24, 2.45) is 5.92 Å². The molecule has 1 nitrogen and oxygen atoms in total. The van der Waals surface area contributed by atoms with Gasteiger partial charge in [-0.2, -0.15) is 0 Å². The van der Waals surface area contributed by atoms with Crippen molar-refractivity contribution in [3.05, 3.63) is 22.4 Å². The van der Waals surface area contributed by atoms with Crippen LogP contribution in [0.25, 0.3) is 0 Å². The van der Waals surface area contributed by atoms with Crippen molar-refractivity contribution in [2.75, 3.05) is 6.54 Å². The number of nitrogens with one attached hydrogen (secondary N) is 1. The Labute approximate surface area is 103 Å². The first kappa shape index (κ1) is 12.1. The summed E-state index contributed by atoms with van der Waals surface area (Å²) in [5, 5.41) is 5.92. The molecule has 2 rings (SSSR count). The van der Waals surface area contributed by atoms with Gasteiger partial charge in [0.25, 0.3) is 0 Å². The molecule has 1 aliphatic carbocycles. The summed E-state index contributed by atoms with van der Waals surface area (Å²) < 4.78 is 0. The van der Waals surface area contributed by atoms with Gasteiger partial charge in [-0.15, -0.1) is 11.3 Å². The molecule has 0 saturated heterocycles. The number of thiophene rings is 1. The number of hydrogen-bond acceptors (Lipinski definition) is 2. The topological polar surface area (TPSA) is 12.0 Å². The molecule has 2 heteroatoms. The highest BCUT2D eigenvalue weighted by molar-refractivity contribution is 7.10. The molecule has 0 bridgehead atoms. The summed E-state index contributed by atoms with van der Waals surface area (Å²) in [6.07, 6.45) is 5.57. The third kappa shape index (κ3) is 3.08. The van der Waals surface area contributed by atoms with Gasteiger partial charge in [-0.25, -0.2) is 0 Å². The molecule has 1 heterocycles. The predicted molar refractivity (Wildman–Crippen MR) is 72.2 cm³/mol. The van der Waals surface area contributed by atoms with E-state index in [1.807, 2.05) is 11.3 Å². The van der Waals surface area contributed by atoms with E-state index in [2.05, 4.69) is 36.7 Å². The van der Waals surface area contributed by atoms with Crippen molar-refractivity contribution < 1.29 is 0 Å². The third-order valence-electron chi connectivity index (χ3n) is 3.86. The SMILES string of the molecule is CCC1CCC(NCC(C)c2cccs2)C1. The van der Waals surface area contributed by atoms with Crippen molar-refractivity contribution in [3.8, 4) is 0 Å². The minimum Gasteiger partial charge on any atom is -0.313 e. The molecule has 1 N–H and O–H groups in total. The molecule has 0 spiro atoms. The summed E-state index contributed by atoms with van der Waals surface area (Å²) in [4.78, 5) is 1.51. The van der Waals surface area contributed by atoms with Crippen LogP contribution in [-0.2, 0) is 0 Å². The first-order valence-corrected chi connectivity index (χ1v) is 7.44. The molecule has 0 aliphatic heterocycles. The summed E-state index contributed by atoms with van der Waals surface area (Å²) >= 11 is 1.88. The predicted octanol–water partition coefficient (Wildman–Crippen LogP) is 4.02. The van der Waals surface area contributed by atoms with E-state index in [0.717, 1.165) is 18.5 Å². The zero-order valence-electron chi connectivity index (χ0n) is 10.4. The fourth-order valence-corrected chi connectivity index (χ4v) is 3.43. The van der Waals surface area contributed by atoms with Gasteiger partial charge in [0.2, 0.25) is 0 Å². The van der Waals surface area contributed by atoms with Crippen molar-refractivity contribution >= 4 is 11.3 Å². The van der Waals surface area contributed by atoms with E-state index in [-0.39, 0.29) is 0 Å². The standard InChI is InChI=1S/C14H23NS/c1-3-12-6-7-13(9-12)15-10-11(2)14-5-4-8-16-14/h4-5,8,11-13,15H,3,6-7,9-10H2,1-2H3. The van der Waals surface area contributed by atoms with Gasteiger partial charge in [0, 0.05) is 23.4 Å². The van der Waals surface area contributed by atoms with Gasteiger partial charge in [-0.05, 0) is 36.6 Å². The van der Waals surface area contributed by atoms with Gasteiger partial charge >= 0.3 is 0 Å². The summed E-state index contributed by atoms with van der Waals surface area (Å²) in [5.74, 6) is 1.65. The molecule has 0 aromatic carbocycles. The van der Waals surface area contributed by atoms with Gasteiger partial charge in [0.1, 0.15) is 0 Å². The first-order chi connectivity index (χ1) is 7.79. The van der Waals surface area contributed by atoms with Crippen molar-refractivity contribution in [2.45, 2.75) is 51.5 Å². The van der Waals surface area contributed by atoms with E-state index in [4.69, 9.17) is 0 Å². The second kappa shape index (κ2) is 5.83. The van der Waals surface area contributed by atoms with Gasteiger partial charge < -0.3 is 5.32 Å². The fraction of sp³-hybridized carbons (Fsp3) is 0.714. The van der Waals surface area contributed by atoms with Crippen molar-refractivity contribution in [3.63, 3.8) is 0 Å². The lowest BCUT2D eigenvalue weighted by Gasteiger charge is -2.16. The monoisotopic (exact) mass is 237 g/mol. The van der Waals surface area contributed by atoms with Gasteiger partial charge in [0.05, 0.1) is 0 Å². The van der Waals surface area contributed by atoms with Crippen LogP contribution in [0.5, 0.6) is 0 Å². The van der Waals surface area contributed by atoms with Crippen LogP contribution in [0.15, 0.2) is 17.5 Å². The molecule has 0 amide bonds. The number of hydrogen-bond donors (Lipinski definition) is 1. The molecule has 0 radical (unpaired) electrons. The Morgan fingerprint density at radius 1 is 1.50 bits per heavy atom. The molecular weight excluding hydrogens is 214 g/mol. The minimum atomic E-state index is 0.667. The van der Waals surface area contributed by atoms with Crippen LogP contribution in [-0.4, -0.2) is 12.6 Å². The smallest absolute Gasteiger partial charge is 0.00860 e. The minimum absolute atomic E-state index is 0.667. The molecule has 1 aromatic heterocycles. The van der Waals surface area contributed by atoms with Crippen molar-refractivity contribution in [1.82, 2.24) is 5.32 Å². The highest BCUT2D eigenvalue weighted by atomic mass is 32.1. The Kier molecular flexibility index (Phi) is 4.42. The first-order valence-electron chi connectivity index (χ1n) is 6.56. The average Bonchev–Trinajstić information content (AvgIpc) is 2.96. The molecule has 3 unspecified atom stereocenters. The largest absolute Gasteiger partial charge is 0.313 e. The Bertz CT molecular complexity index is 294. The molecule has 1 aliphatic rings. The zero-order chi connectivity index (χ0) is 11.4. The number of rotatable bonds is 5. The van der Waals surface area contributed by atoms with Gasteiger partial charge in [0.15, 0.2) is 0 Å². The molecule has 16 heavy (non-hydrogen) atoms. The normalized spacial score (nSPS) is 27.1. The van der Waals surface area contributed by atoms with E-state index in [0.29, 0.717) is 5.92 Å². The van der Waals surface area contributed by atoms with E-state index < -0.39 is 0 Å². The van der Waals surface area contributed by atoms with Crippen LogP contribution < -0.4 is 5.32 Å². The van der Waals surface area contributed by atoms with Crippen LogP contribution >= 0.6 is 11.3 Å². The fourth-order valence-electron chi connectivity index (χ4n) is 2.65. The maximum absolute atomic E-state index is 3.74. The van der Waals surface area contributed by atoms with E-state index >= 15 is 0 Å². The molecular formula is C14H23NS. The summed E-state index contributed by atoms with van der Waals surface area (Å²) in [5.41, 5.74) is 0.